The van der Waals surface area contributed by atoms with E-state index in [0.29, 0.717) is 12.2 Å². The first-order valence-corrected chi connectivity index (χ1v) is 8.15. The van der Waals surface area contributed by atoms with Crippen LogP contribution >= 0.6 is 0 Å². The number of hydrogen-bond donors (Lipinski definition) is 1. The van der Waals surface area contributed by atoms with E-state index in [-0.39, 0.29) is 5.91 Å². The molecule has 0 fully saturated rings. The molecule has 0 unspecified atom stereocenters. The van der Waals surface area contributed by atoms with Crippen molar-refractivity contribution >= 4 is 5.91 Å². The molecule has 1 amide bonds. The molecule has 24 heavy (non-hydrogen) atoms. The molecule has 0 bridgehead atoms. The molecule has 3 aromatic rings. The average molecular weight is 321 g/mol. The lowest BCUT2D eigenvalue weighted by Crippen LogP contribution is -2.25. The third-order valence-corrected chi connectivity index (χ3v) is 4.50. The Hall–Kier alpha value is -2.89. The van der Waals surface area contributed by atoms with E-state index in [1.165, 1.54) is 0 Å². The fourth-order valence-electron chi connectivity index (χ4n) is 3.23. The molecule has 0 saturated carbocycles. The van der Waals surface area contributed by atoms with Crippen molar-refractivity contribution < 1.29 is 4.79 Å². The van der Waals surface area contributed by atoms with Crippen LogP contribution in [0, 0.1) is 0 Å². The Morgan fingerprint density at radius 3 is 2.79 bits per heavy atom. The highest BCUT2D eigenvalue weighted by molar-refractivity contribution is 5.94. The van der Waals surface area contributed by atoms with Gasteiger partial charge in [-0.2, -0.15) is 10.2 Å². The minimum atomic E-state index is -0.121. The molecule has 0 aliphatic heterocycles. The normalized spacial score (nSPS) is 13.0. The average Bonchev–Trinajstić information content (AvgIpc) is 3.30. The molecule has 0 spiro atoms. The van der Waals surface area contributed by atoms with Crippen molar-refractivity contribution in [1.82, 2.24) is 24.9 Å². The summed E-state index contributed by atoms with van der Waals surface area (Å²) in [5, 5.41) is 11.7. The Labute approximate surface area is 140 Å². The van der Waals surface area contributed by atoms with E-state index in [2.05, 4.69) is 15.5 Å². The molecule has 0 saturated heterocycles. The van der Waals surface area contributed by atoms with Gasteiger partial charge in [0.15, 0.2) is 5.69 Å². The van der Waals surface area contributed by atoms with Gasteiger partial charge in [-0.15, -0.1) is 0 Å². The summed E-state index contributed by atoms with van der Waals surface area (Å²) in [4.78, 5) is 12.6. The summed E-state index contributed by atoms with van der Waals surface area (Å²) in [6.07, 6.45) is 4.67. The molecule has 122 valence electrons. The lowest BCUT2D eigenvalue weighted by atomic mass is 10.2. The summed E-state index contributed by atoms with van der Waals surface area (Å²) in [7, 11) is 1.86. The second-order valence-electron chi connectivity index (χ2n) is 6.00. The molecule has 6 heteroatoms. The number of fused-ring (bicyclic) bond motifs is 1. The number of amides is 1. The number of rotatable bonds is 4. The highest BCUT2D eigenvalue weighted by Crippen LogP contribution is 2.27. The van der Waals surface area contributed by atoms with E-state index in [1.54, 1.807) is 10.9 Å². The largest absolute Gasteiger partial charge is 0.345 e. The summed E-state index contributed by atoms with van der Waals surface area (Å²) in [6, 6.07) is 11.9. The molecule has 0 radical (unpaired) electrons. The van der Waals surface area contributed by atoms with Crippen LogP contribution in [-0.4, -0.2) is 25.5 Å². The van der Waals surface area contributed by atoms with Crippen molar-refractivity contribution in [3.63, 3.8) is 0 Å². The van der Waals surface area contributed by atoms with Gasteiger partial charge in [0, 0.05) is 24.5 Å². The number of hydrogen-bond acceptors (Lipinski definition) is 3. The first-order valence-electron chi connectivity index (χ1n) is 8.15. The standard InChI is InChI=1S/C18H19N5O/c1-22-14(10-11-20-22)12-19-18(24)17-15-8-5-9-16(15)23(21-17)13-6-3-2-4-7-13/h2-4,6-7,10-11H,5,8-9,12H2,1H3,(H,19,24). The summed E-state index contributed by atoms with van der Waals surface area (Å²) in [5.74, 6) is -0.121. The Balaban J connectivity index is 1.62. The third-order valence-electron chi connectivity index (χ3n) is 4.50. The first-order chi connectivity index (χ1) is 11.7. The minimum Gasteiger partial charge on any atom is -0.345 e. The van der Waals surface area contributed by atoms with Gasteiger partial charge in [0.2, 0.25) is 0 Å². The predicted molar refractivity (Wildman–Crippen MR) is 90.0 cm³/mol. The first kappa shape index (κ1) is 14.7. The minimum absolute atomic E-state index is 0.121. The van der Waals surface area contributed by atoms with Crippen molar-refractivity contribution in [2.75, 3.05) is 0 Å². The second kappa shape index (κ2) is 5.96. The highest BCUT2D eigenvalue weighted by Gasteiger charge is 2.26. The van der Waals surface area contributed by atoms with Crippen LogP contribution in [0.2, 0.25) is 0 Å². The fourth-order valence-corrected chi connectivity index (χ4v) is 3.23. The summed E-state index contributed by atoms with van der Waals surface area (Å²) < 4.78 is 3.68. The van der Waals surface area contributed by atoms with Gasteiger partial charge < -0.3 is 5.32 Å². The maximum atomic E-state index is 12.6. The predicted octanol–water partition coefficient (Wildman–Crippen LogP) is 2.02. The quantitative estimate of drug-likeness (QED) is 0.799. The SMILES string of the molecule is Cn1nccc1CNC(=O)c1nn(-c2ccccc2)c2c1CCC2. The molecular formula is C18H19N5O. The van der Waals surface area contributed by atoms with Crippen LogP contribution in [0.3, 0.4) is 0 Å². The number of aryl methyl sites for hydroxylation is 1. The highest BCUT2D eigenvalue weighted by atomic mass is 16.2. The van der Waals surface area contributed by atoms with Crippen LogP contribution in [0.5, 0.6) is 0 Å². The van der Waals surface area contributed by atoms with Crippen LogP contribution in [-0.2, 0) is 26.4 Å². The van der Waals surface area contributed by atoms with Gasteiger partial charge >= 0.3 is 0 Å². The Bertz CT molecular complexity index is 878. The molecule has 2 heterocycles. The van der Waals surface area contributed by atoms with E-state index >= 15 is 0 Å². The van der Waals surface area contributed by atoms with Gasteiger partial charge in [-0.05, 0) is 37.5 Å². The number of aromatic nitrogens is 4. The van der Waals surface area contributed by atoms with Crippen molar-refractivity contribution in [3.8, 4) is 5.69 Å². The van der Waals surface area contributed by atoms with E-state index in [4.69, 9.17) is 0 Å². The second-order valence-corrected chi connectivity index (χ2v) is 6.00. The van der Waals surface area contributed by atoms with Crippen molar-refractivity contribution in [3.05, 3.63) is 65.2 Å². The molecule has 1 aliphatic carbocycles. The number of para-hydroxylation sites is 1. The van der Waals surface area contributed by atoms with Gasteiger partial charge in [-0.3, -0.25) is 9.48 Å². The van der Waals surface area contributed by atoms with E-state index in [9.17, 15) is 4.79 Å². The molecule has 1 N–H and O–H groups in total. The van der Waals surface area contributed by atoms with Crippen LogP contribution in [0.15, 0.2) is 42.6 Å². The van der Waals surface area contributed by atoms with Gasteiger partial charge in [0.25, 0.3) is 5.91 Å². The molecular weight excluding hydrogens is 302 g/mol. The van der Waals surface area contributed by atoms with Crippen molar-refractivity contribution in [2.45, 2.75) is 25.8 Å². The lowest BCUT2D eigenvalue weighted by Gasteiger charge is -2.05. The summed E-state index contributed by atoms with van der Waals surface area (Å²) in [6.45, 7) is 0.447. The molecule has 6 nitrogen and oxygen atoms in total. The van der Waals surface area contributed by atoms with Gasteiger partial charge in [-0.25, -0.2) is 4.68 Å². The zero-order valence-electron chi connectivity index (χ0n) is 13.6. The van der Waals surface area contributed by atoms with Crippen LogP contribution in [0.4, 0.5) is 0 Å². The smallest absolute Gasteiger partial charge is 0.272 e. The van der Waals surface area contributed by atoms with E-state index in [1.807, 2.05) is 48.1 Å². The van der Waals surface area contributed by atoms with Crippen molar-refractivity contribution in [1.29, 1.82) is 0 Å². The molecule has 4 rings (SSSR count). The maximum Gasteiger partial charge on any atom is 0.272 e. The topological polar surface area (TPSA) is 64.7 Å². The van der Waals surface area contributed by atoms with Crippen LogP contribution in [0.1, 0.15) is 33.9 Å². The van der Waals surface area contributed by atoms with E-state index in [0.717, 1.165) is 41.9 Å². The lowest BCUT2D eigenvalue weighted by molar-refractivity contribution is 0.0943. The number of carbonyl (C=O) groups excluding carboxylic acids is 1. The number of nitrogens with one attached hydrogen (secondary N) is 1. The molecule has 2 aromatic heterocycles. The van der Waals surface area contributed by atoms with Crippen LogP contribution in [0.25, 0.3) is 5.69 Å². The zero-order chi connectivity index (χ0) is 16.5. The molecule has 1 aliphatic rings. The Morgan fingerprint density at radius 2 is 2.04 bits per heavy atom. The zero-order valence-corrected chi connectivity index (χ0v) is 13.6. The monoisotopic (exact) mass is 321 g/mol. The Morgan fingerprint density at radius 1 is 1.21 bits per heavy atom. The Kier molecular flexibility index (Phi) is 3.65. The van der Waals surface area contributed by atoms with Gasteiger partial charge in [0.1, 0.15) is 0 Å². The number of carbonyl (C=O) groups is 1. The molecule has 1 aromatic carbocycles. The number of nitrogens with zero attached hydrogens (tertiary/aromatic N) is 4. The summed E-state index contributed by atoms with van der Waals surface area (Å²) >= 11 is 0. The number of benzene rings is 1. The fraction of sp³-hybridized carbons (Fsp3) is 0.278. The van der Waals surface area contributed by atoms with Crippen LogP contribution < -0.4 is 5.32 Å². The molecule has 0 atom stereocenters. The van der Waals surface area contributed by atoms with E-state index < -0.39 is 0 Å². The van der Waals surface area contributed by atoms with Gasteiger partial charge in [0.05, 0.1) is 17.9 Å². The third kappa shape index (κ3) is 2.50. The van der Waals surface area contributed by atoms with Crippen molar-refractivity contribution in [2.24, 2.45) is 7.05 Å². The summed E-state index contributed by atoms with van der Waals surface area (Å²) in [5.41, 5.74) is 4.76. The maximum absolute atomic E-state index is 12.6. The van der Waals surface area contributed by atoms with Gasteiger partial charge in [-0.1, -0.05) is 18.2 Å².